The summed E-state index contributed by atoms with van der Waals surface area (Å²) in [5, 5.41) is 0. The van der Waals surface area contributed by atoms with E-state index in [0.717, 1.165) is 25.1 Å². The molecule has 3 heteroatoms. The lowest BCUT2D eigenvalue weighted by Crippen LogP contribution is -2.18. The van der Waals surface area contributed by atoms with E-state index in [1.165, 1.54) is 73.0 Å². The maximum Gasteiger partial charge on any atom is 0.126 e. The van der Waals surface area contributed by atoms with E-state index in [2.05, 4.69) is 54.9 Å². The van der Waals surface area contributed by atoms with Gasteiger partial charge in [-0.1, -0.05) is 44.0 Å². The summed E-state index contributed by atoms with van der Waals surface area (Å²) in [6.45, 7) is 10.1. The van der Waals surface area contributed by atoms with Crippen molar-refractivity contribution in [1.82, 2.24) is 9.88 Å². The van der Waals surface area contributed by atoms with E-state index < -0.39 is 0 Å². The fourth-order valence-corrected chi connectivity index (χ4v) is 4.12. The Bertz CT molecular complexity index is 760. The quantitative estimate of drug-likeness (QED) is 0.654. The van der Waals surface area contributed by atoms with Crippen LogP contribution < -0.4 is 5.73 Å². The van der Waals surface area contributed by atoms with E-state index in [-0.39, 0.29) is 0 Å². The second kappa shape index (κ2) is 9.36. The minimum Gasteiger partial charge on any atom is -0.383 e. The molecule has 2 heterocycles. The first kappa shape index (κ1) is 19.9. The van der Waals surface area contributed by atoms with Crippen LogP contribution in [0.5, 0.6) is 0 Å². The molecule has 1 fully saturated rings. The zero-order chi connectivity index (χ0) is 19.2. The van der Waals surface area contributed by atoms with Gasteiger partial charge in [-0.2, -0.15) is 0 Å². The molecule has 1 aliphatic heterocycles. The summed E-state index contributed by atoms with van der Waals surface area (Å²) < 4.78 is 0. The van der Waals surface area contributed by atoms with Crippen LogP contribution in [0.2, 0.25) is 0 Å². The Morgan fingerprint density at radius 3 is 2.48 bits per heavy atom. The van der Waals surface area contributed by atoms with Crippen molar-refractivity contribution in [3.8, 4) is 0 Å². The van der Waals surface area contributed by atoms with Gasteiger partial charge >= 0.3 is 0 Å². The highest BCUT2D eigenvalue weighted by Crippen LogP contribution is 2.23. The monoisotopic (exact) mass is 365 g/mol. The minimum atomic E-state index is 0.713. The summed E-state index contributed by atoms with van der Waals surface area (Å²) in [5.41, 5.74) is 14.0. The van der Waals surface area contributed by atoms with Gasteiger partial charge in [0.1, 0.15) is 5.82 Å². The van der Waals surface area contributed by atoms with Crippen molar-refractivity contribution in [2.45, 2.75) is 72.3 Å². The fourth-order valence-electron chi connectivity index (χ4n) is 4.12. The molecule has 27 heavy (non-hydrogen) atoms. The van der Waals surface area contributed by atoms with Crippen LogP contribution in [0.4, 0.5) is 5.82 Å². The molecule has 0 saturated carbocycles. The lowest BCUT2D eigenvalue weighted by molar-refractivity contribution is 0.331. The number of anilines is 1. The third kappa shape index (κ3) is 5.32. The average Bonchev–Trinajstić information content (AvgIpc) is 3.14. The van der Waals surface area contributed by atoms with Gasteiger partial charge in [0.05, 0.1) is 0 Å². The lowest BCUT2D eigenvalue weighted by atomic mass is 9.96. The van der Waals surface area contributed by atoms with Crippen LogP contribution >= 0.6 is 0 Å². The molecule has 146 valence electrons. The van der Waals surface area contributed by atoms with E-state index in [9.17, 15) is 0 Å². The maximum atomic E-state index is 6.18. The Balaban J connectivity index is 1.72. The highest BCUT2D eigenvalue weighted by atomic mass is 15.1. The summed E-state index contributed by atoms with van der Waals surface area (Å²) in [5.74, 6) is 0.713. The maximum absolute atomic E-state index is 6.18. The first-order valence-corrected chi connectivity index (χ1v) is 10.6. The summed E-state index contributed by atoms with van der Waals surface area (Å²) in [6.07, 6.45) is 8.34. The van der Waals surface area contributed by atoms with Gasteiger partial charge in [0.25, 0.3) is 0 Å². The van der Waals surface area contributed by atoms with Gasteiger partial charge in [-0.25, -0.2) is 4.98 Å². The number of nitrogens with two attached hydrogens (primary N) is 1. The van der Waals surface area contributed by atoms with Crippen molar-refractivity contribution in [2.24, 2.45) is 0 Å². The van der Waals surface area contributed by atoms with E-state index >= 15 is 0 Å². The van der Waals surface area contributed by atoms with E-state index in [1.54, 1.807) is 0 Å². The van der Waals surface area contributed by atoms with Gasteiger partial charge in [0.2, 0.25) is 0 Å². The van der Waals surface area contributed by atoms with Crippen LogP contribution in [0.15, 0.2) is 24.3 Å². The molecule has 3 nitrogen and oxygen atoms in total. The molecular formula is C24H35N3. The van der Waals surface area contributed by atoms with Crippen molar-refractivity contribution >= 4 is 5.82 Å². The molecule has 3 rings (SSSR count). The van der Waals surface area contributed by atoms with Crippen LogP contribution in [0.25, 0.3) is 0 Å². The molecule has 1 aromatic heterocycles. The highest BCUT2D eigenvalue weighted by molar-refractivity contribution is 5.46. The van der Waals surface area contributed by atoms with Crippen LogP contribution in [-0.4, -0.2) is 23.0 Å². The number of unbranched alkanes of at least 4 members (excludes halogenated alkanes) is 2. The Morgan fingerprint density at radius 1 is 1.00 bits per heavy atom. The number of hydrogen-bond donors (Lipinski definition) is 1. The SMILES string of the molecule is CCCCCc1cc(Cc2ccc(CN3CCCC3)cc2C)c(C)nc1N. The van der Waals surface area contributed by atoms with Gasteiger partial charge in [0.15, 0.2) is 0 Å². The Morgan fingerprint density at radius 2 is 1.78 bits per heavy atom. The second-order valence-electron chi connectivity index (χ2n) is 8.16. The van der Waals surface area contributed by atoms with Crippen molar-refractivity contribution in [3.63, 3.8) is 0 Å². The van der Waals surface area contributed by atoms with Gasteiger partial charge in [-0.15, -0.1) is 0 Å². The van der Waals surface area contributed by atoms with Gasteiger partial charge in [-0.3, -0.25) is 4.90 Å². The summed E-state index contributed by atoms with van der Waals surface area (Å²) in [7, 11) is 0. The molecule has 1 saturated heterocycles. The molecule has 0 bridgehead atoms. The first-order chi connectivity index (χ1) is 13.1. The topological polar surface area (TPSA) is 42.2 Å². The predicted octanol–water partition coefficient (Wildman–Crippen LogP) is 5.20. The molecular weight excluding hydrogens is 330 g/mol. The standard InChI is InChI=1S/C24H35N3/c1-4-5-6-9-22-16-23(19(3)26-24(22)25)15-21-11-10-20(14-18(21)2)17-27-12-7-8-13-27/h10-11,14,16H,4-9,12-13,15,17H2,1-3H3,(H2,25,26). The second-order valence-corrected chi connectivity index (χ2v) is 8.16. The van der Waals surface area contributed by atoms with Crippen molar-refractivity contribution < 1.29 is 0 Å². The summed E-state index contributed by atoms with van der Waals surface area (Å²) in [6, 6.07) is 9.29. The predicted molar refractivity (Wildman–Crippen MR) is 115 cm³/mol. The molecule has 0 amide bonds. The molecule has 1 aromatic carbocycles. The van der Waals surface area contributed by atoms with Crippen molar-refractivity contribution in [2.75, 3.05) is 18.8 Å². The molecule has 2 aromatic rings. The van der Waals surface area contributed by atoms with Gasteiger partial charge in [-0.05, 0) is 86.9 Å². The van der Waals surface area contributed by atoms with Crippen LogP contribution in [0.1, 0.15) is 72.5 Å². The molecule has 1 aliphatic rings. The fraction of sp³-hybridized carbons (Fsp3) is 0.542. The molecule has 2 N–H and O–H groups in total. The van der Waals surface area contributed by atoms with E-state index in [1.807, 2.05) is 0 Å². The number of aromatic nitrogens is 1. The Kier molecular flexibility index (Phi) is 6.89. The van der Waals surface area contributed by atoms with Crippen LogP contribution in [0.3, 0.4) is 0 Å². The molecule has 0 radical (unpaired) electrons. The molecule has 0 unspecified atom stereocenters. The number of nitrogens with zero attached hydrogens (tertiary/aromatic N) is 2. The van der Waals surface area contributed by atoms with Crippen molar-refractivity contribution in [1.29, 1.82) is 0 Å². The lowest BCUT2D eigenvalue weighted by Gasteiger charge is -2.17. The Labute approximate surface area is 165 Å². The summed E-state index contributed by atoms with van der Waals surface area (Å²) in [4.78, 5) is 7.20. The molecule has 0 aliphatic carbocycles. The number of likely N-dealkylation sites (tertiary alicyclic amines) is 1. The number of rotatable bonds is 8. The third-order valence-electron chi connectivity index (χ3n) is 5.87. The van der Waals surface area contributed by atoms with Gasteiger partial charge < -0.3 is 5.73 Å². The average molecular weight is 366 g/mol. The molecule has 0 atom stereocenters. The third-order valence-corrected chi connectivity index (χ3v) is 5.87. The first-order valence-electron chi connectivity index (χ1n) is 10.6. The van der Waals surface area contributed by atoms with Crippen LogP contribution in [0, 0.1) is 13.8 Å². The smallest absolute Gasteiger partial charge is 0.126 e. The largest absolute Gasteiger partial charge is 0.383 e. The number of pyridine rings is 1. The summed E-state index contributed by atoms with van der Waals surface area (Å²) >= 11 is 0. The zero-order valence-corrected chi connectivity index (χ0v) is 17.4. The van der Waals surface area contributed by atoms with Gasteiger partial charge in [0, 0.05) is 12.2 Å². The highest BCUT2D eigenvalue weighted by Gasteiger charge is 2.13. The number of benzene rings is 1. The number of aryl methyl sites for hydroxylation is 3. The van der Waals surface area contributed by atoms with Crippen LogP contribution in [-0.2, 0) is 19.4 Å². The number of hydrogen-bond acceptors (Lipinski definition) is 3. The number of nitrogen functional groups attached to an aromatic ring is 1. The normalized spacial score (nSPS) is 14.8. The Hall–Kier alpha value is -1.87. The van der Waals surface area contributed by atoms with E-state index in [0.29, 0.717) is 5.82 Å². The van der Waals surface area contributed by atoms with E-state index in [4.69, 9.17) is 5.73 Å². The zero-order valence-electron chi connectivity index (χ0n) is 17.4. The minimum absolute atomic E-state index is 0.713. The molecule has 0 spiro atoms. The van der Waals surface area contributed by atoms with Crippen molar-refractivity contribution in [3.05, 3.63) is 57.8 Å².